The fourth-order valence-electron chi connectivity index (χ4n) is 3.65. The van der Waals surface area contributed by atoms with Crippen LogP contribution in [0.3, 0.4) is 0 Å². The van der Waals surface area contributed by atoms with Crippen LogP contribution in [0.5, 0.6) is 0 Å². The first-order chi connectivity index (χ1) is 11.4. The van der Waals surface area contributed by atoms with Crippen molar-refractivity contribution in [2.24, 2.45) is 5.92 Å². The Bertz CT molecular complexity index is 603. The van der Waals surface area contributed by atoms with Crippen LogP contribution in [0.4, 0.5) is 17.6 Å². The zero-order chi connectivity index (χ0) is 17.3. The lowest BCUT2D eigenvalue weighted by Gasteiger charge is -2.35. The van der Waals surface area contributed by atoms with E-state index in [1.54, 1.807) is 0 Å². The van der Waals surface area contributed by atoms with Gasteiger partial charge < -0.3 is 10.2 Å². The highest BCUT2D eigenvalue weighted by Gasteiger charge is 2.34. The van der Waals surface area contributed by atoms with Crippen LogP contribution in [0.2, 0.25) is 0 Å². The van der Waals surface area contributed by atoms with Crippen molar-refractivity contribution in [1.29, 1.82) is 0 Å². The lowest BCUT2D eigenvalue weighted by molar-refractivity contribution is -0.137. The van der Waals surface area contributed by atoms with Crippen molar-refractivity contribution < 1.29 is 22.4 Å². The first-order valence-electron chi connectivity index (χ1n) is 8.25. The van der Waals surface area contributed by atoms with Crippen molar-refractivity contribution in [2.75, 3.05) is 19.6 Å². The first-order valence-corrected chi connectivity index (χ1v) is 8.25. The minimum Gasteiger partial charge on any atom is -0.339 e. The summed E-state index contributed by atoms with van der Waals surface area (Å²) >= 11 is 0. The molecule has 2 aliphatic rings. The highest BCUT2D eigenvalue weighted by atomic mass is 19.4. The second-order valence-corrected chi connectivity index (χ2v) is 6.52. The number of halogens is 4. The van der Waals surface area contributed by atoms with Crippen LogP contribution in [-0.2, 0) is 6.18 Å². The number of nitrogens with one attached hydrogen (secondary N) is 1. The first kappa shape index (κ1) is 17.2. The standard InChI is InChI=1S/C17H20F4N2O/c18-14-4-3-12(17(19,20)21)10-13(14)16(24)23-8-5-11(6-9-23)15-2-1-7-22-15/h3-4,10-11,15,22H,1-2,5-9H2. The van der Waals surface area contributed by atoms with Gasteiger partial charge in [-0.25, -0.2) is 4.39 Å². The van der Waals surface area contributed by atoms with E-state index >= 15 is 0 Å². The monoisotopic (exact) mass is 344 g/mol. The normalized spacial score (nSPS) is 22.8. The van der Waals surface area contributed by atoms with Crippen LogP contribution in [0.15, 0.2) is 18.2 Å². The second-order valence-electron chi connectivity index (χ2n) is 6.52. The number of carbonyl (C=O) groups is 1. The third-order valence-electron chi connectivity index (χ3n) is 5.02. The molecule has 1 aromatic carbocycles. The van der Waals surface area contributed by atoms with Crippen molar-refractivity contribution in [1.82, 2.24) is 10.2 Å². The fraction of sp³-hybridized carbons (Fsp3) is 0.588. The van der Waals surface area contributed by atoms with Crippen molar-refractivity contribution in [3.8, 4) is 0 Å². The molecule has 2 aliphatic heterocycles. The number of nitrogens with zero attached hydrogens (tertiary/aromatic N) is 1. The van der Waals surface area contributed by atoms with E-state index in [0.717, 1.165) is 32.2 Å². The number of alkyl halides is 3. The summed E-state index contributed by atoms with van der Waals surface area (Å²) in [5.41, 5.74) is -1.50. The molecule has 3 rings (SSSR count). The molecule has 1 atom stereocenters. The number of hydrogen-bond donors (Lipinski definition) is 1. The molecule has 0 spiro atoms. The van der Waals surface area contributed by atoms with Crippen LogP contribution < -0.4 is 5.32 Å². The minimum absolute atomic E-state index is 0.456. The Balaban J connectivity index is 1.69. The van der Waals surface area contributed by atoms with Gasteiger partial charge in [0.25, 0.3) is 5.91 Å². The molecule has 1 unspecified atom stereocenters. The Morgan fingerprint density at radius 1 is 1.17 bits per heavy atom. The molecule has 0 radical (unpaired) electrons. The van der Waals surface area contributed by atoms with E-state index in [9.17, 15) is 22.4 Å². The molecule has 3 nitrogen and oxygen atoms in total. The van der Waals surface area contributed by atoms with Crippen molar-refractivity contribution >= 4 is 5.91 Å². The van der Waals surface area contributed by atoms with Crippen LogP contribution in [-0.4, -0.2) is 36.5 Å². The lowest BCUT2D eigenvalue weighted by atomic mass is 9.88. The summed E-state index contributed by atoms with van der Waals surface area (Å²) in [6, 6.07) is 2.45. The van der Waals surface area contributed by atoms with Crippen molar-refractivity contribution in [3.05, 3.63) is 35.1 Å². The average molecular weight is 344 g/mol. The van der Waals surface area contributed by atoms with Crippen LogP contribution in [0.1, 0.15) is 41.6 Å². The maximum absolute atomic E-state index is 13.9. The summed E-state index contributed by atoms with van der Waals surface area (Å²) in [5.74, 6) is -1.09. The van der Waals surface area contributed by atoms with Gasteiger partial charge in [-0.3, -0.25) is 4.79 Å². The number of hydrogen-bond acceptors (Lipinski definition) is 2. The number of amides is 1. The summed E-state index contributed by atoms with van der Waals surface area (Å²) in [5, 5.41) is 3.45. The molecule has 0 aromatic heterocycles. The third kappa shape index (κ3) is 3.55. The predicted molar refractivity (Wildman–Crippen MR) is 81.1 cm³/mol. The molecule has 0 saturated carbocycles. The zero-order valence-corrected chi connectivity index (χ0v) is 13.2. The summed E-state index contributed by atoms with van der Waals surface area (Å²) in [6.45, 7) is 1.92. The van der Waals surface area contributed by atoms with Crippen molar-refractivity contribution in [2.45, 2.75) is 37.9 Å². The van der Waals surface area contributed by atoms with Gasteiger partial charge in [0.15, 0.2) is 0 Å². The number of piperidine rings is 1. The van der Waals surface area contributed by atoms with Crippen LogP contribution >= 0.6 is 0 Å². The van der Waals surface area contributed by atoms with Crippen LogP contribution in [0, 0.1) is 11.7 Å². The Kier molecular flexibility index (Phi) is 4.80. The van der Waals surface area contributed by atoms with E-state index in [0.29, 0.717) is 43.2 Å². The fourth-order valence-corrected chi connectivity index (χ4v) is 3.65. The Morgan fingerprint density at radius 3 is 2.46 bits per heavy atom. The van der Waals surface area contributed by atoms with Gasteiger partial charge in [0, 0.05) is 19.1 Å². The SMILES string of the molecule is O=C(c1cc(C(F)(F)F)ccc1F)N1CCC(C2CCCN2)CC1. The molecular weight excluding hydrogens is 324 g/mol. The van der Waals surface area contributed by atoms with Gasteiger partial charge in [-0.05, 0) is 56.3 Å². The summed E-state index contributed by atoms with van der Waals surface area (Å²) in [6.07, 6.45) is -0.724. The smallest absolute Gasteiger partial charge is 0.339 e. The molecule has 0 bridgehead atoms. The van der Waals surface area contributed by atoms with Gasteiger partial charge in [-0.2, -0.15) is 13.2 Å². The lowest BCUT2D eigenvalue weighted by Crippen LogP contribution is -2.43. The molecule has 1 amide bonds. The molecular formula is C17H20F4N2O. The molecule has 2 fully saturated rings. The molecule has 1 aromatic rings. The maximum atomic E-state index is 13.9. The number of benzene rings is 1. The molecule has 2 saturated heterocycles. The van der Waals surface area contributed by atoms with E-state index in [1.165, 1.54) is 4.90 Å². The number of likely N-dealkylation sites (tertiary alicyclic amines) is 1. The maximum Gasteiger partial charge on any atom is 0.416 e. The van der Waals surface area contributed by atoms with E-state index in [1.807, 2.05) is 0 Å². The summed E-state index contributed by atoms with van der Waals surface area (Å²) < 4.78 is 52.2. The molecule has 2 heterocycles. The van der Waals surface area contributed by atoms with E-state index in [2.05, 4.69) is 5.32 Å². The molecule has 1 N–H and O–H groups in total. The van der Waals surface area contributed by atoms with Gasteiger partial charge in [-0.1, -0.05) is 0 Å². The minimum atomic E-state index is -4.59. The molecule has 7 heteroatoms. The quantitative estimate of drug-likeness (QED) is 0.834. The predicted octanol–water partition coefficient (Wildman–Crippen LogP) is 3.45. The average Bonchev–Trinajstić information content (AvgIpc) is 3.08. The third-order valence-corrected chi connectivity index (χ3v) is 5.02. The zero-order valence-electron chi connectivity index (χ0n) is 13.2. The highest BCUT2D eigenvalue weighted by molar-refractivity contribution is 5.94. The van der Waals surface area contributed by atoms with E-state index in [-0.39, 0.29) is 0 Å². The molecule has 24 heavy (non-hydrogen) atoms. The second kappa shape index (κ2) is 6.70. The topological polar surface area (TPSA) is 32.3 Å². The molecule has 132 valence electrons. The Hall–Kier alpha value is -1.63. The van der Waals surface area contributed by atoms with Gasteiger partial charge in [0.2, 0.25) is 0 Å². The van der Waals surface area contributed by atoms with Gasteiger partial charge in [0.05, 0.1) is 11.1 Å². The van der Waals surface area contributed by atoms with E-state index in [4.69, 9.17) is 0 Å². The summed E-state index contributed by atoms with van der Waals surface area (Å²) in [7, 11) is 0. The largest absolute Gasteiger partial charge is 0.416 e. The number of carbonyl (C=O) groups excluding carboxylic acids is 1. The highest BCUT2D eigenvalue weighted by Crippen LogP contribution is 2.31. The van der Waals surface area contributed by atoms with Crippen LogP contribution in [0.25, 0.3) is 0 Å². The number of rotatable bonds is 2. The summed E-state index contributed by atoms with van der Waals surface area (Å²) in [4.78, 5) is 13.9. The van der Waals surface area contributed by atoms with Gasteiger partial charge in [-0.15, -0.1) is 0 Å². The Labute approximate surface area is 138 Å². The van der Waals surface area contributed by atoms with E-state index < -0.39 is 29.0 Å². The van der Waals surface area contributed by atoms with Gasteiger partial charge in [0.1, 0.15) is 5.82 Å². The van der Waals surface area contributed by atoms with Crippen molar-refractivity contribution in [3.63, 3.8) is 0 Å². The van der Waals surface area contributed by atoms with Gasteiger partial charge >= 0.3 is 6.18 Å². The Morgan fingerprint density at radius 2 is 1.88 bits per heavy atom. The molecule has 0 aliphatic carbocycles.